The molecule has 1 aliphatic rings. The van der Waals surface area contributed by atoms with Crippen LogP contribution in [0.15, 0.2) is 41.3 Å². The van der Waals surface area contributed by atoms with Gasteiger partial charge in [-0.3, -0.25) is 0 Å². The third kappa shape index (κ3) is 4.20. The van der Waals surface area contributed by atoms with E-state index in [1.165, 1.54) is 0 Å². The molecule has 142 valence electrons. The molecular formula is C18H22N6O3. The van der Waals surface area contributed by atoms with Crippen molar-refractivity contribution >= 4 is 28.8 Å². The number of carbonyl (C=O) groups excluding carboxylic acids is 1. The molecule has 1 atom stereocenters. The van der Waals surface area contributed by atoms with E-state index < -0.39 is 0 Å². The maximum absolute atomic E-state index is 12.2. The van der Waals surface area contributed by atoms with E-state index in [1.54, 1.807) is 18.6 Å². The minimum Gasteiger partial charge on any atom is -0.423 e. The standard InChI is InChI=1S/C18H22N6O3/c1-13(11-23-5-4-19-12-23)20-17(25)21-14-2-3-15-16(10-14)27-18(22-15)24-6-8-26-9-7-24/h2-5,10,12-13H,6-9,11H2,1H3,(H2,20,21,25). The van der Waals surface area contributed by atoms with Crippen molar-refractivity contribution in [3.05, 3.63) is 36.9 Å². The molecule has 1 aromatic carbocycles. The molecule has 1 aliphatic heterocycles. The molecule has 9 nitrogen and oxygen atoms in total. The first-order valence-electron chi connectivity index (χ1n) is 8.94. The van der Waals surface area contributed by atoms with Crippen LogP contribution in [-0.2, 0) is 11.3 Å². The van der Waals surface area contributed by atoms with Crippen LogP contribution >= 0.6 is 0 Å². The third-order valence-electron chi connectivity index (χ3n) is 4.34. The summed E-state index contributed by atoms with van der Waals surface area (Å²) in [5, 5.41) is 5.74. The summed E-state index contributed by atoms with van der Waals surface area (Å²) in [5.41, 5.74) is 2.05. The molecule has 0 bridgehead atoms. The van der Waals surface area contributed by atoms with Gasteiger partial charge in [-0.25, -0.2) is 9.78 Å². The highest BCUT2D eigenvalue weighted by molar-refractivity contribution is 5.91. The van der Waals surface area contributed by atoms with Crippen LogP contribution in [0.5, 0.6) is 0 Å². The van der Waals surface area contributed by atoms with Crippen LogP contribution < -0.4 is 15.5 Å². The SMILES string of the molecule is CC(Cn1ccnc1)NC(=O)Nc1ccc2nc(N3CCOCC3)oc2c1. The minimum atomic E-state index is -0.269. The van der Waals surface area contributed by atoms with Crippen LogP contribution in [0, 0.1) is 0 Å². The first kappa shape index (κ1) is 17.3. The molecule has 1 unspecified atom stereocenters. The van der Waals surface area contributed by atoms with Crippen molar-refractivity contribution < 1.29 is 13.9 Å². The number of carbonyl (C=O) groups is 1. The molecule has 2 amide bonds. The number of rotatable bonds is 5. The van der Waals surface area contributed by atoms with Gasteiger partial charge in [-0.2, -0.15) is 4.98 Å². The smallest absolute Gasteiger partial charge is 0.319 e. The Bertz CT molecular complexity index is 901. The minimum absolute atomic E-state index is 0.0406. The van der Waals surface area contributed by atoms with Crippen LogP contribution in [0.4, 0.5) is 16.5 Å². The highest BCUT2D eigenvalue weighted by Crippen LogP contribution is 2.25. The Hall–Kier alpha value is -3.07. The van der Waals surface area contributed by atoms with Crippen molar-refractivity contribution in [2.24, 2.45) is 0 Å². The lowest BCUT2D eigenvalue weighted by Gasteiger charge is -2.24. The Morgan fingerprint density at radius 2 is 2.19 bits per heavy atom. The van der Waals surface area contributed by atoms with Gasteiger partial charge in [-0.15, -0.1) is 0 Å². The Labute approximate surface area is 156 Å². The summed E-state index contributed by atoms with van der Waals surface area (Å²) in [7, 11) is 0. The highest BCUT2D eigenvalue weighted by atomic mass is 16.5. The predicted molar refractivity (Wildman–Crippen MR) is 101 cm³/mol. The summed E-state index contributed by atoms with van der Waals surface area (Å²) in [4.78, 5) is 22.8. The molecule has 1 fully saturated rings. The monoisotopic (exact) mass is 370 g/mol. The average molecular weight is 370 g/mol. The molecule has 3 heterocycles. The van der Waals surface area contributed by atoms with Gasteiger partial charge in [-0.05, 0) is 19.1 Å². The number of ether oxygens (including phenoxy) is 1. The van der Waals surface area contributed by atoms with Gasteiger partial charge in [0.05, 0.1) is 19.5 Å². The summed E-state index contributed by atoms with van der Waals surface area (Å²) < 4.78 is 13.1. The van der Waals surface area contributed by atoms with Crippen molar-refractivity contribution in [2.75, 3.05) is 36.5 Å². The second-order valence-corrected chi connectivity index (χ2v) is 6.54. The van der Waals surface area contributed by atoms with E-state index in [0.717, 1.165) is 18.6 Å². The van der Waals surface area contributed by atoms with Gasteiger partial charge in [0.2, 0.25) is 0 Å². The van der Waals surface area contributed by atoms with Gasteiger partial charge < -0.3 is 29.3 Å². The quantitative estimate of drug-likeness (QED) is 0.714. The van der Waals surface area contributed by atoms with Gasteiger partial charge in [0.1, 0.15) is 5.52 Å². The van der Waals surface area contributed by atoms with E-state index in [4.69, 9.17) is 9.15 Å². The molecule has 0 aliphatic carbocycles. The number of imidazole rings is 1. The summed E-state index contributed by atoms with van der Waals surface area (Å²) in [6.07, 6.45) is 5.30. The third-order valence-corrected chi connectivity index (χ3v) is 4.34. The predicted octanol–water partition coefficient (Wildman–Crippen LogP) is 2.07. The van der Waals surface area contributed by atoms with Crippen LogP contribution in [-0.4, -0.2) is 52.9 Å². The highest BCUT2D eigenvalue weighted by Gasteiger charge is 2.17. The number of nitrogens with zero attached hydrogens (tertiary/aromatic N) is 4. The van der Waals surface area contributed by atoms with Crippen molar-refractivity contribution in [1.82, 2.24) is 19.9 Å². The number of benzene rings is 1. The normalized spacial score (nSPS) is 15.7. The molecule has 0 radical (unpaired) electrons. The van der Waals surface area contributed by atoms with Gasteiger partial charge in [-0.1, -0.05) is 0 Å². The van der Waals surface area contributed by atoms with E-state index in [0.29, 0.717) is 37.0 Å². The lowest BCUT2D eigenvalue weighted by Crippen LogP contribution is -2.38. The van der Waals surface area contributed by atoms with Crippen molar-refractivity contribution in [1.29, 1.82) is 0 Å². The molecule has 2 N–H and O–H groups in total. The van der Waals surface area contributed by atoms with Gasteiger partial charge in [0.15, 0.2) is 5.58 Å². The fourth-order valence-corrected chi connectivity index (χ4v) is 3.03. The lowest BCUT2D eigenvalue weighted by atomic mass is 10.3. The number of aromatic nitrogens is 3. The molecule has 2 aromatic heterocycles. The summed E-state index contributed by atoms with van der Waals surface area (Å²) in [6.45, 7) is 5.45. The molecular weight excluding hydrogens is 348 g/mol. The van der Waals surface area contributed by atoms with Crippen LogP contribution in [0.3, 0.4) is 0 Å². The zero-order chi connectivity index (χ0) is 18.6. The molecule has 9 heteroatoms. The summed E-state index contributed by atoms with van der Waals surface area (Å²) in [6, 6.07) is 5.72. The number of oxazole rings is 1. The van der Waals surface area contributed by atoms with Gasteiger partial charge in [0.25, 0.3) is 6.01 Å². The van der Waals surface area contributed by atoms with Crippen molar-refractivity contribution in [3.8, 4) is 0 Å². The largest absolute Gasteiger partial charge is 0.423 e. The molecule has 4 rings (SSSR count). The maximum Gasteiger partial charge on any atom is 0.319 e. The molecule has 0 saturated carbocycles. The molecule has 1 saturated heterocycles. The van der Waals surface area contributed by atoms with Crippen LogP contribution in [0.1, 0.15) is 6.92 Å². The zero-order valence-corrected chi connectivity index (χ0v) is 15.1. The van der Waals surface area contributed by atoms with Crippen molar-refractivity contribution in [2.45, 2.75) is 19.5 Å². The van der Waals surface area contributed by atoms with E-state index >= 15 is 0 Å². The number of urea groups is 1. The van der Waals surface area contributed by atoms with Crippen LogP contribution in [0.2, 0.25) is 0 Å². The summed E-state index contributed by atoms with van der Waals surface area (Å²) in [5.74, 6) is 0. The average Bonchev–Trinajstić information content (AvgIpc) is 3.31. The van der Waals surface area contributed by atoms with E-state index in [2.05, 4.69) is 25.5 Å². The van der Waals surface area contributed by atoms with Crippen molar-refractivity contribution in [3.63, 3.8) is 0 Å². The Kier molecular flexibility index (Phi) is 4.93. The second kappa shape index (κ2) is 7.67. The van der Waals surface area contributed by atoms with Crippen LogP contribution in [0.25, 0.3) is 11.1 Å². The number of amides is 2. The number of nitrogens with one attached hydrogen (secondary N) is 2. The Balaban J connectivity index is 1.38. The lowest BCUT2D eigenvalue weighted by molar-refractivity contribution is 0.120. The zero-order valence-electron chi connectivity index (χ0n) is 15.1. The Morgan fingerprint density at radius 1 is 1.33 bits per heavy atom. The first-order valence-corrected chi connectivity index (χ1v) is 8.94. The van der Waals surface area contributed by atoms with Gasteiger partial charge >= 0.3 is 6.03 Å². The Morgan fingerprint density at radius 3 is 2.96 bits per heavy atom. The number of hydrogen-bond donors (Lipinski definition) is 2. The number of hydrogen-bond acceptors (Lipinski definition) is 6. The van der Waals surface area contributed by atoms with E-state index in [-0.39, 0.29) is 12.1 Å². The fraction of sp³-hybridized carbons (Fsp3) is 0.389. The number of fused-ring (bicyclic) bond motifs is 1. The summed E-state index contributed by atoms with van der Waals surface area (Å²) >= 11 is 0. The number of morpholine rings is 1. The topological polar surface area (TPSA) is 97.5 Å². The fourth-order valence-electron chi connectivity index (χ4n) is 3.03. The van der Waals surface area contributed by atoms with Gasteiger partial charge in [0, 0.05) is 49.8 Å². The van der Waals surface area contributed by atoms with E-state index in [1.807, 2.05) is 29.8 Å². The second-order valence-electron chi connectivity index (χ2n) is 6.54. The molecule has 3 aromatic rings. The number of anilines is 2. The maximum atomic E-state index is 12.2. The molecule has 0 spiro atoms. The first-order chi connectivity index (χ1) is 13.2. The molecule has 27 heavy (non-hydrogen) atoms. The van der Waals surface area contributed by atoms with E-state index in [9.17, 15) is 4.79 Å².